The van der Waals surface area contributed by atoms with E-state index in [9.17, 15) is 14.7 Å². The number of ether oxygens (including phenoxy) is 1. The number of urea groups is 1. The molecule has 1 saturated heterocycles. The Morgan fingerprint density at radius 1 is 1.42 bits per heavy atom. The topological polar surface area (TPSA) is 87.7 Å². The summed E-state index contributed by atoms with van der Waals surface area (Å²) in [4.78, 5) is 22.9. The van der Waals surface area contributed by atoms with Crippen molar-refractivity contribution in [2.24, 2.45) is 11.3 Å². The van der Waals surface area contributed by atoms with E-state index >= 15 is 0 Å². The molecule has 1 saturated carbocycles. The first kappa shape index (κ1) is 14.1. The molecule has 2 atom stereocenters. The highest BCUT2D eigenvalue weighted by atomic mass is 16.5. The molecule has 0 aromatic heterocycles. The second-order valence-electron chi connectivity index (χ2n) is 5.78. The number of hydrogen-bond donors (Lipinski definition) is 3. The molecular weight excluding hydrogens is 248 g/mol. The highest BCUT2D eigenvalue weighted by Crippen LogP contribution is 2.33. The maximum Gasteiger partial charge on any atom is 0.315 e. The summed E-state index contributed by atoms with van der Waals surface area (Å²) in [5.74, 6) is -0.0765. The molecular formula is C13H22N2O4. The SMILES string of the molecule is CC1(C(=O)O)COCC1NC(=O)NCCCC1CC1. The van der Waals surface area contributed by atoms with Crippen molar-refractivity contribution < 1.29 is 19.4 Å². The van der Waals surface area contributed by atoms with Crippen LogP contribution < -0.4 is 10.6 Å². The van der Waals surface area contributed by atoms with Crippen LogP contribution in [-0.2, 0) is 9.53 Å². The molecule has 6 nitrogen and oxygen atoms in total. The van der Waals surface area contributed by atoms with Crippen LogP contribution >= 0.6 is 0 Å². The summed E-state index contributed by atoms with van der Waals surface area (Å²) >= 11 is 0. The first-order valence-corrected chi connectivity index (χ1v) is 6.88. The molecule has 2 fully saturated rings. The fourth-order valence-electron chi connectivity index (χ4n) is 2.29. The maximum atomic E-state index is 11.7. The third kappa shape index (κ3) is 3.59. The zero-order valence-corrected chi connectivity index (χ0v) is 11.3. The Morgan fingerprint density at radius 2 is 2.16 bits per heavy atom. The number of nitrogens with one attached hydrogen (secondary N) is 2. The van der Waals surface area contributed by atoms with Crippen molar-refractivity contribution in [2.45, 2.75) is 38.6 Å². The van der Waals surface area contributed by atoms with E-state index in [1.54, 1.807) is 6.92 Å². The maximum absolute atomic E-state index is 11.7. The Hall–Kier alpha value is -1.30. The average molecular weight is 270 g/mol. The molecule has 6 heteroatoms. The summed E-state index contributed by atoms with van der Waals surface area (Å²) in [7, 11) is 0. The van der Waals surface area contributed by atoms with Gasteiger partial charge < -0.3 is 20.5 Å². The van der Waals surface area contributed by atoms with Gasteiger partial charge in [0.2, 0.25) is 0 Å². The van der Waals surface area contributed by atoms with Crippen LogP contribution in [0.4, 0.5) is 4.79 Å². The van der Waals surface area contributed by atoms with Crippen LogP contribution in [0.1, 0.15) is 32.6 Å². The summed E-state index contributed by atoms with van der Waals surface area (Å²) < 4.78 is 5.18. The van der Waals surface area contributed by atoms with Crippen LogP contribution in [0.25, 0.3) is 0 Å². The average Bonchev–Trinajstić information content (AvgIpc) is 3.10. The smallest absolute Gasteiger partial charge is 0.315 e. The monoisotopic (exact) mass is 270 g/mol. The van der Waals surface area contributed by atoms with E-state index in [0.717, 1.165) is 12.3 Å². The summed E-state index contributed by atoms with van der Waals surface area (Å²) in [6.45, 7) is 2.62. The summed E-state index contributed by atoms with van der Waals surface area (Å²) in [6, 6.07) is -0.785. The van der Waals surface area contributed by atoms with Crippen molar-refractivity contribution in [3.63, 3.8) is 0 Å². The number of amides is 2. The lowest BCUT2D eigenvalue weighted by Gasteiger charge is -2.25. The van der Waals surface area contributed by atoms with E-state index in [2.05, 4.69) is 10.6 Å². The third-order valence-electron chi connectivity index (χ3n) is 4.02. The normalized spacial score (nSPS) is 30.1. The minimum Gasteiger partial charge on any atom is -0.481 e. The zero-order valence-electron chi connectivity index (χ0n) is 11.3. The molecule has 0 aromatic rings. The van der Waals surface area contributed by atoms with Gasteiger partial charge in [0, 0.05) is 6.54 Å². The van der Waals surface area contributed by atoms with Gasteiger partial charge in [-0.1, -0.05) is 12.8 Å². The predicted molar refractivity (Wildman–Crippen MR) is 68.8 cm³/mol. The molecule has 1 aliphatic heterocycles. The molecule has 0 bridgehead atoms. The van der Waals surface area contributed by atoms with Crippen LogP contribution in [0, 0.1) is 11.3 Å². The quantitative estimate of drug-likeness (QED) is 0.627. The fraction of sp³-hybridized carbons (Fsp3) is 0.846. The third-order valence-corrected chi connectivity index (χ3v) is 4.02. The lowest BCUT2D eigenvalue weighted by atomic mass is 9.85. The van der Waals surface area contributed by atoms with Crippen LogP contribution in [0.3, 0.4) is 0 Å². The van der Waals surface area contributed by atoms with Crippen molar-refractivity contribution >= 4 is 12.0 Å². The summed E-state index contributed by atoms with van der Waals surface area (Å²) in [5, 5.41) is 14.7. The van der Waals surface area contributed by atoms with Gasteiger partial charge in [0.15, 0.2) is 0 Å². The Labute approximate surface area is 112 Å². The fourth-order valence-corrected chi connectivity index (χ4v) is 2.29. The van der Waals surface area contributed by atoms with Crippen molar-refractivity contribution in [3.8, 4) is 0 Å². The van der Waals surface area contributed by atoms with Gasteiger partial charge in [-0.15, -0.1) is 0 Å². The van der Waals surface area contributed by atoms with Gasteiger partial charge in [0.25, 0.3) is 0 Å². The van der Waals surface area contributed by atoms with Crippen molar-refractivity contribution in [2.75, 3.05) is 19.8 Å². The standard InChI is InChI=1S/C13H22N2O4/c1-13(11(16)17)8-19-7-10(13)15-12(18)14-6-2-3-9-4-5-9/h9-10H,2-8H2,1H3,(H,16,17)(H2,14,15,18). The number of rotatable bonds is 6. The molecule has 0 radical (unpaired) electrons. The largest absolute Gasteiger partial charge is 0.481 e. The van der Waals surface area contributed by atoms with Crippen LogP contribution in [0.2, 0.25) is 0 Å². The Morgan fingerprint density at radius 3 is 2.79 bits per heavy atom. The lowest BCUT2D eigenvalue weighted by Crippen LogP contribution is -2.52. The number of hydrogen-bond acceptors (Lipinski definition) is 3. The van der Waals surface area contributed by atoms with Crippen LogP contribution in [0.15, 0.2) is 0 Å². The van der Waals surface area contributed by atoms with Gasteiger partial charge >= 0.3 is 12.0 Å². The van der Waals surface area contributed by atoms with Gasteiger partial charge in [0.1, 0.15) is 5.41 Å². The van der Waals surface area contributed by atoms with E-state index < -0.39 is 17.4 Å². The second kappa shape index (κ2) is 5.77. The Kier molecular flexibility index (Phi) is 4.29. The summed E-state index contributed by atoms with van der Waals surface area (Å²) in [6.07, 6.45) is 4.79. The van der Waals surface area contributed by atoms with Crippen molar-refractivity contribution in [1.29, 1.82) is 0 Å². The molecule has 108 valence electrons. The van der Waals surface area contributed by atoms with Gasteiger partial charge in [0.05, 0.1) is 19.3 Å². The van der Waals surface area contributed by atoms with Crippen molar-refractivity contribution in [1.82, 2.24) is 10.6 Å². The highest BCUT2D eigenvalue weighted by molar-refractivity contribution is 5.79. The van der Waals surface area contributed by atoms with Crippen molar-refractivity contribution in [3.05, 3.63) is 0 Å². The molecule has 0 aromatic carbocycles. The number of carbonyl (C=O) groups excluding carboxylic acids is 1. The molecule has 2 unspecified atom stereocenters. The molecule has 3 N–H and O–H groups in total. The van der Waals surface area contributed by atoms with E-state index in [0.29, 0.717) is 6.54 Å². The van der Waals surface area contributed by atoms with Gasteiger partial charge in [-0.3, -0.25) is 4.79 Å². The second-order valence-corrected chi connectivity index (χ2v) is 5.78. The van der Waals surface area contributed by atoms with Crippen LogP contribution in [-0.4, -0.2) is 42.9 Å². The highest BCUT2D eigenvalue weighted by Gasteiger charge is 2.47. The van der Waals surface area contributed by atoms with E-state index in [4.69, 9.17) is 4.74 Å². The summed E-state index contributed by atoms with van der Waals surface area (Å²) in [5.41, 5.74) is -1.04. The molecule has 0 spiro atoms. The Bertz CT molecular complexity index is 357. The van der Waals surface area contributed by atoms with Gasteiger partial charge in [-0.2, -0.15) is 0 Å². The molecule has 19 heavy (non-hydrogen) atoms. The van der Waals surface area contributed by atoms with Gasteiger partial charge in [-0.25, -0.2) is 4.79 Å². The van der Waals surface area contributed by atoms with E-state index in [1.807, 2.05) is 0 Å². The Balaban J connectivity index is 1.69. The van der Waals surface area contributed by atoms with Crippen LogP contribution in [0.5, 0.6) is 0 Å². The number of carbonyl (C=O) groups is 2. The van der Waals surface area contributed by atoms with Gasteiger partial charge in [-0.05, 0) is 25.7 Å². The predicted octanol–water partition coefficient (Wildman–Crippen LogP) is 0.965. The minimum atomic E-state index is -1.04. The number of carboxylic acids is 1. The molecule has 2 rings (SSSR count). The minimum absolute atomic E-state index is 0.134. The first-order valence-electron chi connectivity index (χ1n) is 6.88. The molecule has 2 aliphatic rings. The zero-order chi connectivity index (χ0) is 13.9. The number of aliphatic carboxylic acids is 1. The number of carboxylic acid groups (broad SMARTS) is 1. The molecule has 1 heterocycles. The first-order chi connectivity index (χ1) is 9.02. The molecule has 1 aliphatic carbocycles. The van der Waals surface area contributed by atoms with E-state index in [1.165, 1.54) is 19.3 Å². The lowest BCUT2D eigenvalue weighted by molar-refractivity contribution is -0.148. The molecule has 2 amide bonds. The van der Waals surface area contributed by atoms with E-state index in [-0.39, 0.29) is 19.2 Å².